The number of nitrogens with zero attached hydrogens (tertiary/aromatic N) is 1. The van der Waals surface area contributed by atoms with Crippen molar-refractivity contribution in [3.05, 3.63) is 34.3 Å². The van der Waals surface area contributed by atoms with Crippen LogP contribution in [0.15, 0.2) is 18.2 Å². The van der Waals surface area contributed by atoms with Gasteiger partial charge in [0.2, 0.25) is 0 Å². The van der Waals surface area contributed by atoms with Gasteiger partial charge in [0, 0.05) is 18.1 Å². The molecule has 0 aliphatic heterocycles. The van der Waals surface area contributed by atoms with Crippen LogP contribution in [-0.4, -0.2) is 25.0 Å². The minimum absolute atomic E-state index is 0.162. The first kappa shape index (κ1) is 14.5. The molecule has 0 fully saturated rings. The van der Waals surface area contributed by atoms with Gasteiger partial charge in [-0.25, -0.2) is 0 Å². The molecule has 0 spiro atoms. The summed E-state index contributed by atoms with van der Waals surface area (Å²) in [4.78, 5) is 2.31. The maximum Gasteiger partial charge on any atom is 0.0408 e. The van der Waals surface area contributed by atoms with Crippen molar-refractivity contribution in [2.45, 2.75) is 27.3 Å². The van der Waals surface area contributed by atoms with E-state index in [9.17, 15) is 0 Å². The molecular weight excluding hydrogens is 232 g/mol. The molecule has 0 bridgehead atoms. The molecule has 2 nitrogen and oxygen atoms in total. The highest BCUT2D eigenvalue weighted by Crippen LogP contribution is 2.19. The van der Waals surface area contributed by atoms with Crippen LogP contribution in [0.4, 0.5) is 0 Å². The smallest absolute Gasteiger partial charge is 0.0408 e. The van der Waals surface area contributed by atoms with E-state index in [1.165, 1.54) is 11.1 Å². The molecule has 1 aromatic carbocycles. The fourth-order valence-corrected chi connectivity index (χ4v) is 2.21. The molecule has 2 N–H and O–H groups in total. The highest BCUT2D eigenvalue weighted by atomic mass is 35.5. The van der Waals surface area contributed by atoms with Gasteiger partial charge >= 0.3 is 0 Å². The minimum Gasteiger partial charge on any atom is -0.330 e. The quantitative estimate of drug-likeness (QED) is 0.875. The Morgan fingerprint density at radius 1 is 1.35 bits per heavy atom. The Kier molecular flexibility index (Phi) is 4.99. The van der Waals surface area contributed by atoms with E-state index in [0.717, 1.165) is 18.1 Å². The first-order valence-corrected chi connectivity index (χ1v) is 6.35. The molecule has 0 saturated heterocycles. The average molecular weight is 255 g/mol. The molecule has 0 unspecified atom stereocenters. The molecule has 1 rings (SSSR count). The number of benzene rings is 1. The summed E-state index contributed by atoms with van der Waals surface area (Å²) in [6, 6.07) is 6.06. The summed E-state index contributed by atoms with van der Waals surface area (Å²) in [6.45, 7) is 9.12. The Morgan fingerprint density at radius 3 is 2.53 bits per heavy atom. The standard InChI is InChI=1S/C14H23ClN2/c1-11-7-13(15)6-5-12(11)8-17(4)10-14(2,3)9-16/h5-7H,8-10,16H2,1-4H3. The van der Waals surface area contributed by atoms with Gasteiger partial charge in [0.1, 0.15) is 0 Å². The van der Waals surface area contributed by atoms with Crippen molar-refractivity contribution in [2.75, 3.05) is 20.1 Å². The van der Waals surface area contributed by atoms with Crippen LogP contribution in [0, 0.1) is 12.3 Å². The highest BCUT2D eigenvalue weighted by Gasteiger charge is 2.18. The number of aryl methyl sites for hydroxylation is 1. The van der Waals surface area contributed by atoms with Gasteiger partial charge in [0.05, 0.1) is 0 Å². The zero-order valence-corrected chi connectivity index (χ0v) is 12.0. The van der Waals surface area contributed by atoms with Gasteiger partial charge in [-0.15, -0.1) is 0 Å². The molecule has 0 radical (unpaired) electrons. The second-order valence-corrected chi connectivity index (χ2v) is 6.05. The van der Waals surface area contributed by atoms with Crippen LogP contribution in [0.5, 0.6) is 0 Å². The highest BCUT2D eigenvalue weighted by molar-refractivity contribution is 6.30. The van der Waals surface area contributed by atoms with Gasteiger partial charge in [-0.05, 0) is 49.2 Å². The molecule has 0 aliphatic carbocycles. The summed E-state index contributed by atoms with van der Waals surface area (Å²) in [6.07, 6.45) is 0. The molecule has 0 aliphatic rings. The van der Waals surface area contributed by atoms with E-state index in [1.54, 1.807) is 0 Å². The van der Waals surface area contributed by atoms with Crippen LogP contribution in [0.3, 0.4) is 0 Å². The van der Waals surface area contributed by atoms with Crippen molar-refractivity contribution in [1.82, 2.24) is 4.90 Å². The molecule has 0 heterocycles. The zero-order chi connectivity index (χ0) is 13.1. The Balaban J connectivity index is 2.65. The summed E-state index contributed by atoms with van der Waals surface area (Å²) in [7, 11) is 2.13. The minimum atomic E-state index is 0.162. The van der Waals surface area contributed by atoms with E-state index in [2.05, 4.69) is 38.8 Å². The normalized spacial score (nSPS) is 12.2. The summed E-state index contributed by atoms with van der Waals surface area (Å²) in [5.74, 6) is 0. The summed E-state index contributed by atoms with van der Waals surface area (Å²) >= 11 is 5.95. The summed E-state index contributed by atoms with van der Waals surface area (Å²) in [5, 5.41) is 0.802. The van der Waals surface area contributed by atoms with Crippen molar-refractivity contribution in [2.24, 2.45) is 11.1 Å². The zero-order valence-electron chi connectivity index (χ0n) is 11.3. The molecule has 0 saturated carbocycles. The van der Waals surface area contributed by atoms with Gasteiger partial charge < -0.3 is 10.6 Å². The van der Waals surface area contributed by atoms with E-state index in [1.807, 2.05) is 12.1 Å². The SMILES string of the molecule is Cc1cc(Cl)ccc1CN(C)CC(C)(C)CN. The first-order chi connectivity index (χ1) is 7.84. The monoisotopic (exact) mass is 254 g/mol. The number of halogens is 1. The lowest BCUT2D eigenvalue weighted by molar-refractivity contribution is 0.209. The number of nitrogens with two attached hydrogens (primary N) is 1. The number of hydrogen-bond donors (Lipinski definition) is 1. The fraction of sp³-hybridized carbons (Fsp3) is 0.571. The first-order valence-electron chi connectivity index (χ1n) is 5.98. The van der Waals surface area contributed by atoms with Crippen LogP contribution in [0.25, 0.3) is 0 Å². The van der Waals surface area contributed by atoms with Crippen molar-refractivity contribution < 1.29 is 0 Å². The third kappa shape index (κ3) is 4.66. The summed E-state index contributed by atoms with van der Waals surface area (Å²) < 4.78 is 0. The Labute approximate surface area is 110 Å². The maximum absolute atomic E-state index is 5.95. The largest absolute Gasteiger partial charge is 0.330 e. The van der Waals surface area contributed by atoms with E-state index < -0.39 is 0 Å². The van der Waals surface area contributed by atoms with Crippen LogP contribution < -0.4 is 5.73 Å². The second-order valence-electron chi connectivity index (χ2n) is 5.61. The molecule has 0 atom stereocenters. The molecule has 3 heteroatoms. The Hall–Kier alpha value is -0.570. The maximum atomic E-state index is 5.95. The number of rotatable bonds is 5. The molecule has 17 heavy (non-hydrogen) atoms. The van der Waals surface area contributed by atoms with E-state index in [4.69, 9.17) is 17.3 Å². The fourth-order valence-electron chi connectivity index (χ4n) is 1.98. The topological polar surface area (TPSA) is 29.3 Å². The van der Waals surface area contributed by atoms with E-state index in [-0.39, 0.29) is 5.41 Å². The van der Waals surface area contributed by atoms with Gasteiger partial charge in [-0.3, -0.25) is 0 Å². The van der Waals surface area contributed by atoms with Crippen LogP contribution in [0.2, 0.25) is 5.02 Å². The van der Waals surface area contributed by atoms with Crippen molar-refractivity contribution in [3.8, 4) is 0 Å². The van der Waals surface area contributed by atoms with Gasteiger partial charge in [0.15, 0.2) is 0 Å². The third-order valence-electron chi connectivity index (χ3n) is 3.00. The van der Waals surface area contributed by atoms with Crippen molar-refractivity contribution >= 4 is 11.6 Å². The third-order valence-corrected chi connectivity index (χ3v) is 3.23. The van der Waals surface area contributed by atoms with Gasteiger partial charge in [-0.2, -0.15) is 0 Å². The molecule has 96 valence electrons. The van der Waals surface area contributed by atoms with Gasteiger partial charge in [0.25, 0.3) is 0 Å². The van der Waals surface area contributed by atoms with Crippen LogP contribution in [-0.2, 0) is 6.54 Å². The average Bonchev–Trinajstić information content (AvgIpc) is 2.21. The van der Waals surface area contributed by atoms with E-state index >= 15 is 0 Å². The van der Waals surface area contributed by atoms with Crippen LogP contribution >= 0.6 is 11.6 Å². The lowest BCUT2D eigenvalue weighted by atomic mass is 9.93. The van der Waals surface area contributed by atoms with E-state index in [0.29, 0.717) is 6.54 Å². The van der Waals surface area contributed by atoms with Crippen molar-refractivity contribution in [3.63, 3.8) is 0 Å². The lowest BCUT2D eigenvalue weighted by Crippen LogP contribution is -2.36. The molecule has 1 aromatic rings. The second kappa shape index (κ2) is 5.85. The molecule has 0 amide bonds. The summed E-state index contributed by atoms with van der Waals surface area (Å²) in [5.41, 5.74) is 8.48. The predicted molar refractivity (Wildman–Crippen MR) is 75.4 cm³/mol. The molecular formula is C14H23ClN2. The van der Waals surface area contributed by atoms with Gasteiger partial charge in [-0.1, -0.05) is 31.5 Å². The molecule has 0 aromatic heterocycles. The number of hydrogen-bond acceptors (Lipinski definition) is 2. The lowest BCUT2D eigenvalue weighted by Gasteiger charge is -2.29. The van der Waals surface area contributed by atoms with Crippen molar-refractivity contribution in [1.29, 1.82) is 0 Å². The Morgan fingerprint density at radius 2 is 2.00 bits per heavy atom. The Bertz CT molecular complexity index is 374. The predicted octanol–water partition coefficient (Wildman–Crippen LogP) is 3.07. The van der Waals surface area contributed by atoms with Crippen LogP contribution in [0.1, 0.15) is 25.0 Å².